The minimum atomic E-state index is -0.778. The van der Waals surface area contributed by atoms with E-state index in [0.29, 0.717) is 17.5 Å². The molecule has 0 radical (unpaired) electrons. The molecular formula is C21H21N3O2. The number of hydrogen-bond donors (Lipinski definition) is 2. The number of benzene rings is 1. The van der Waals surface area contributed by atoms with Crippen LogP contribution in [-0.4, -0.2) is 26.4 Å². The van der Waals surface area contributed by atoms with Crippen molar-refractivity contribution in [3.63, 3.8) is 0 Å². The van der Waals surface area contributed by atoms with Gasteiger partial charge in [0.15, 0.2) is 0 Å². The number of nitrogens with zero attached hydrogens (tertiary/aromatic N) is 2. The predicted octanol–water partition coefficient (Wildman–Crippen LogP) is 3.19. The van der Waals surface area contributed by atoms with E-state index in [1.54, 1.807) is 24.7 Å². The summed E-state index contributed by atoms with van der Waals surface area (Å²) in [7, 11) is 0. The second-order valence-electron chi connectivity index (χ2n) is 7.42. The van der Waals surface area contributed by atoms with Crippen molar-refractivity contribution in [2.24, 2.45) is 0 Å². The maximum absolute atomic E-state index is 12.4. The van der Waals surface area contributed by atoms with Crippen LogP contribution in [0, 0.1) is 0 Å². The topological polar surface area (TPSA) is 66.6 Å². The van der Waals surface area contributed by atoms with Crippen LogP contribution < -0.4 is 5.32 Å². The number of amides is 1. The van der Waals surface area contributed by atoms with E-state index in [1.165, 1.54) is 5.56 Å². The first kappa shape index (κ1) is 15.6. The molecule has 2 heterocycles. The molecule has 1 aromatic carbocycles. The number of pyridine rings is 1. The fraction of sp³-hybridized carbons (Fsp3) is 0.333. The summed E-state index contributed by atoms with van der Waals surface area (Å²) in [5, 5.41) is 14.2. The number of hydrogen-bond acceptors (Lipinski definition) is 3. The molecule has 1 unspecified atom stereocenters. The summed E-state index contributed by atoms with van der Waals surface area (Å²) in [4.78, 5) is 16.6. The summed E-state index contributed by atoms with van der Waals surface area (Å²) in [6.07, 6.45) is 9.22. The number of nitrogens with one attached hydrogen (secondary N) is 1. The highest BCUT2D eigenvalue weighted by Gasteiger charge is 2.30. The highest BCUT2D eigenvalue weighted by atomic mass is 16.3. The molecule has 0 saturated heterocycles. The van der Waals surface area contributed by atoms with E-state index in [2.05, 4.69) is 16.4 Å². The van der Waals surface area contributed by atoms with E-state index in [0.717, 1.165) is 42.3 Å². The Bertz CT molecular complexity index is 986. The average molecular weight is 347 g/mol. The highest BCUT2D eigenvalue weighted by Crippen LogP contribution is 2.45. The molecule has 132 valence electrons. The van der Waals surface area contributed by atoms with Gasteiger partial charge in [0.05, 0.1) is 18.0 Å². The summed E-state index contributed by atoms with van der Waals surface area (Å²) in [5.41, 5.74) is 4.37. The van der Waals surface area contributed by atoms with Gasteiger partial charge in [-0.15, -0.1) is 0 Å². The van der Waals surface area contributed by atoms with Gasteiger partial charge in [0.1, 0.15) is 6.10 Å². The fourth-order valence-electron chi connectivity index (χ4n) is 3.59. The van der Waals surface area contributed by atoms with Gasteiger partial charge < -0.3 is 14.8 Å². The number of aliphatic hydroxyl groups excluding tert-OH is 1. The van der Waals surface area contributed by atoms with Crippen LogP contribution in [-0.2, 0) is 0 Å². The Labute approximate surface area is 151 Å². The van der Waals surface area contributed by atoms with Crippen LogP contribution in [0.15, 0.2) is 49.1 Å². The molecule has 26 heavy (non-hydrogen) atoms. The van der Waals surface area contributed by atoms with Gasteiger partial charge in [-0.3, -0.25) is 4.79 Å². The van der Waals surface area contributed by atoms with Crippen LogP contribution in [0.5, 0.6) is 0 Å². The highest BCUT2D eigenvalue weighted by molar-refractivity contribution is 5.94. The Hall–Kier alpha value is -2.66. The first-order valence-corrected chi connectivity index (χ1v) is 9.24. The number of aliphatic hydroxyl groups is 1. The molecule has 0 bridgehead atoms. The lowest BCUT2D eigenvalue weighted by Gasteiger charge is -2.18. The number of fused-ring (bicyclic) bond motifs is 1. The Balaban J connectivity index is 1.54. The van der Waals surface area contributed by atoms with Crippen molar-refractivity contribution < 1.29 is 9.90 Å². The van der Waals surface area contributed by atoms with Gasteiger partial charge in [-0.25, -0.2) is 4.98 Å². The molecule has 2 N–H and O–H groups in total. The Morgan fingerprint density at radius 3 is 2.85 bits per heavy atom. The predicted molar refractivity (Wildman–Crippen MR) is 98.2 cm³/mol. The summed E-state index contributed by atoms with van der Waals surface area (Å²) in [5.74, 6) is 0.451. The van der Waals surface area contributed by atoms with Gasteiger partial charge in [0, 0.05) is 23.4 Å². The molecule has 2 fully saturated rings. The number of carbonyl (C=O) groups is 1. The number of carbonyl (C=O) groups excluding carboxylic acids is 1. The van der Waals surface area contributed by atoms with Crippen molar-refractivity contribution in [1.82, 2.24) is 14.7 Å². The molecule has 2 aliphatic rings. The zero-order valence-electron chi connectivity index (χ0n) is 14.4. The smallest absolute Gasteiger partial charge is 0.251 e. The minimum Gasteiger partial charge on any atom is -0.384 e. The maximum Gasteiger partial charge on any atom is 0.251 e. The molecule has 0 aliphatic heterocycles. The summed E-state index contributed by atoms with van der Waals surface area (Å²) in [6.45, 7) is 0. The van der Waals surface area contributed by atoms with E-state index in [4.69, 9.17) is 0 Å². The SMILES string of the molecule is O=C(NC1CC1)c1cccc(C(O)c2c(C3CC3)ccn3cncc23)c1. The molecule has 5 heteroatoms. The third-order valence-electron chi connectivity index (χ3n) is 5.34. The van der Waals surface area contributed by atoms with Gasteiger partial charge >= 0.3 is 0 Å². The number of imidazole rings is 1. The van der Waals surface area contributed by atoms with Crippen molar-refractivity contribution in [2.45, 2.75) is 43.7 Å². The largest absolute Gasteiger partial charge is 0.384 e. The molecule has 2 aliphatic carbocycles. The van der Waals surface area contributed by atoms with Gasteiger partial charge in [0.2, 0.25) is 0 Å². The maximum atomic E-state index is 12.4. The first-order valence-electron chi connectivity index (χ1n) is 9.24. The zero-order valence-corrected chi connectivity index (χ0v) is 14.4. The average Bonchev–Trinajstić information content (AvgIpc) is 3.59. The normalized spacial score (nSPS) is 18.0. The van der Waals surface area contributed by atoms with E-state index >= 15 is 0 Å². The van der Waals surface area contributed by atoms with E-state index in [1.807, 2.05) is 22.7 Å². The fourth-order valence-corrected chi connectivity index (χ4v) is 3.59. The Morgan fingerprint density at radius 2 is 2.08 bits per heavy atom. The first-order chi connectivity index (χ1) is 12.7. The lowest BCUT2D eigenvalue weighted by atomic mass is 9.93. The van der Waals surface area contributed by atoms with Crippen molar-refractivity contribution in [2.75, 3.05) is 0 Å². The zero-order chi connectivity index (χ0) is 17.7. The molecule has 2 saturated carbocycles. The summed E-state index contributed by atoms with van der Waals surface area (Å²) in [6, 6.07) is 9.74. The second kappa shape index (κ2) is 5.95. The molecular weight excluding hydrogens is 326 g/mol. The van der Waals surface area contributed by atoms with Crippen molar-refractivity contribution in [3.05, 3.63) is 71.3 Å². The van der Waals surface area contributed by atoms with Gasteiger partial charge in [-0.05, 0) is 60.9 Å². The van der Waals surface area contributed by atoms with E-state index in [-0.39, 0.29) is 5.91 Å². The van der Waals surface area contributed by atoms with E-state index < -0.39 is 6.10 Å². The van der Waals surface area contributed by atoms with Crippen LogP contribution in [0.25, 0.3) is 5.52 Å². The molecule has 1 atom stereocenters. The third-order valence-corrected chi connectivity index (χ3v) is 5.34. The minimum absolute atomic E-state index is 0.0634. The van der Waals surface area contributed by atoms with Gasteiger partial charge in [-0.2, -0.15) is 0 Å². The molecule has 5 rings (SSSR count). The van der Waals surface area contributed by atoms with Crippen molar-refractivity contribution in [1.29, 1.82) is 0 Å². The number of rotatable bonds is 5. The summed E-state index contributed by atoms with van der Waals surface area (Å²) >= 11 is 0. The standard InChI is InChI=1S/C21H21N3O2/c25-20(14-2-1-3-15(10-14)21(26)23-16-6-7-16)19-17(13-4-5-13)8-9-24-12-22-11-18(19)24/h1-3,8-13,16,20,25H,4-7H2,(H,23,26). The van der Waals surface area contributed by atoms with Crippen molar-refractivity contribution in [3.8, 4) is 0 Å². The summed E-state index contributed by atoms with van der Waals surface area (Å²) < 4.78 is 1.94. The van der Waals surface area contributed by atoms with Crippen LogP contribution in [0.3, 0.4) is 0 Å². The molecule has 5 nitrogen and oxygen atoms in total. The molecule has 2 aromatic heterocycles. The van der Waals surface area contributed by atoms with Gasteiger partial charge in [0.25, 0.3) is 5.91 Å². The van der Waals surface area contributed by atoms with Crippen molar-refractivity contribution >= 4 is 11.4 Å². The van der Waals surface area contributed by atoms with Crippen LogP contribution in [0.4, 0.5) is 0 Å². The van der Waals surface area contributed by atoms with Crippen LogP contribution in [0.2, 0.25) is 0 Å². The molecule has 0 spiro atoms. The third kappa shape index (κ3) is 2.78. The van der Waals surface area contributed by atoms with Crippen LogP contribution >= 0.6 is 0 Å². The Kier molecular flexibility index (Phi) is 3.57. The molecule has 1 amide bonds. The van der Waals surface area contributed by atoms with Gasteiger partial charge in [-0.1, -0.05) is 12.1 Å². The Morgan fingerprint density at radius 1 is 1.23 bits per heavy atom. The quantitative estimate of drug-likeness (QED) is 0.745. The van der Waals surface area contributed by atoms with E-state index in [9.17, 15) is 9.90 Å². The molecule has 3 aromatic rings. The lowest BCUT2D eigenvalue weighted by molar-refractivity contribution is 0.0951. The second-order valence-corrected chi connectivity index (χ2v) is 7.42. The monoisotopic (exact) mass is 347 g/mol. The lowest BCUT2D eigenvalue weighted by Crippen LogP contribution is -2.25. The number of aromatic nitrogens is 2. The van der Waals surface area contributed by atoms with Crippen LogP contribution in [0.1, 0.15) is 64.8 Å².